The maximum Gasteiger partial charge on any atom is 0.389 e. The molecule has 0 aliphatic carbocycles. The summed E-state index contributed by atoms with van der Waals surface area (Å²) in [7, 11) is -38.1. The summed E-state index contributed by atoms with van der Waals surface area (Å²) in [6.45, 7) is 54.0. The van der Waals surface area contributed by atoms with Gasteiger partial charge in [0.15, 0.2) is 16.6 Å². The Morgan fingerprint density at radius 1 is 0.333 bits per heavy atom. The van der Waals surface area contributed by atoms with Crippen molar-refractivity contribution in [1.29, 1.82) is 0 Å². The van der Waals surface area contributed by atoms with Crippen LogP contribution in [0.4, 0.5) is 0 Å². The maximum atomic E-state index is 11.9. The fraction of sp³-hybridized carbons (Fsp3) is 0.500. The van der Waals surface area contributed by atoms with Gasteiger partial charge >= 0.3 is 100 Å². The van der Waals surface area contributed by atoms with Gasteiger partial charge in [-0.3, -0.25) is 0 Å². The molecule has 452 valence electrons. The van der Waals surface area contributed by atoms with Crippen LogP contribution in [0.2, 0.25) is 157 Å². The topological polar surface area (TPSA) is 137 Å². The van der Waals surface area contributed by atoms with Crippen LogP contribution in [0.15, 0.2) is 133 Å². The lowest BCUT2D eigenvalue weighted by Crippen LogP contribution is -2.78. The fourth-order valence-electron chi connectivity index (χ4n) is 10.9. The molecule has 0 saturated heterocycles. The van der Waals surface area contributed by atoms with Gasteiger partial charge in [0.25, 0.3) is 0 Å². The number of carbonyl (C=O) groups is 1. The van der Waals surface area contributed by atoms with Crippen molar-refractivity contribution in [3.63, 3.8) is 0 Å². The first-order chi connectivity index (χ1) is 36.7. The normalized spacial score (nSPS) is 14.3. The Morgan fingerprint density at radius 3 is 0.815 bits per heavy atom. The van der Waals surface area contributed by atoms with E-state index in [0.29, 0.717) is 12.2 Å². The van der Waals surface area contributed by atoms with Crippen LogP contribution in [-0.2, 0) is 58.9 Å². The zero-order valence-electron chi connectivity index (χ0n) is 53.6. The van der Waals surface area contributed by atoms with E-state index in [-0.39, 0.29) is 5.97 Å². The van der Waals surface area contributed by atoms with Crippen LogP contribution in [0.3, 0.4) is 0 Å². The summed E-state index contributed by atoms with van der Waals surface area (Å²) in [5.74, 6) is -0.366. The van der Waals surface area contributed by atoms with Gasteiger partial charge in [0.1, 0.15) is 0 Å². The summed E-state index contributed by atoms with van der Waals surface area (Å²) in [6, 6.07) is 42.5. The lowest BCUT2D eigenvalue weighted by molar-refractivity contribution is -0.138. The van der Waals surface area contributed by atoms with Crippen LogP contribution in [0.25, 0.3) is 0 Å². The second-order valence-corrected chi connectivity index (χ2v) is 74.4. The molecule has 0 fully saturated rings. The monoisotopic (exact) mass is 1340 g/mol. The van der Waals surface area contributed by atoms with Crippen LogP contribution in [0, 0.1) is 0 Å². The Hall–Kier alpha value is -1.57. The SMILES string of the molecule is C=C(C)C(=O)OCCC[Si](C)(C)O[Si](C)(C)O[Si](C)(C)O[Si](C)(C)O[Si](C)(C)O[Si](C)(C)O[Si](C)(C)O[Si](C)(C)O[Si](C)(C)O[Si](C)(C)O[Si](O[Si](O[Si](C)(C)C)(c1ccccc1)c1ccccc1)(c1ccccc1)c1ccccc1. The zero-order chi connectivity index (χ0) is 61.4. The van der Waals surface area contributed by atoms with E-state index in [0.717, 1.165) is 33.2 Å². The van der Waals surface area contributed by atoms with E-state index in [4.69, 9.17) is 54.1 Å². The molecule has 0 amide bonds. The minimum absolute atomic E-state index is 0.336. The number of ether oxygens (including phenoxy) is 1. The van der Waals surface area contributed by atoms with E-state index in [1.54, 1.807) is 6.92 Å². The molecule has 4 aromatic carbocycles. The van der Waals surface area contributed by atoms with Crippen LogP contribution >= 0.6 is 0 Å². The van der Waals surface area contributed by atoms with Gasteiger partial charge in [-0.05, 0) is 191 Å². The van der Waals surface area contributed by atoms with Crippen LogP contribution in [0.1, 0.15) is 13.3 Å². The number of carbonyl (C=O) groups excluding carboxylic acids is 1. The Bertz CT molecular complexity index is 2560. The molecule has 0 atom stereocenters. The molecule has 27 heteroatoms. The first-order valence-electron chi connectivity index (χ1n) is 28.2. The van der Waals surface area contributed by atoms with Gasteiger partial charge in [-0.25, -0.2) is 4.79 Å². The second-order valence-electron chi connectivity index (χ2n) is 26.4. The standard InChI is InChI=1S/C54H100O14Si13/c1-49(2)54(55)56-47-38-48-70(6,7)58-71(8,9)59-72(10,11)60-73(12,13)61-74(14,15)62-75(16,17)63-76(18,19)64-77(20,21)65-78(22,23)66-79(24,25)67-81(52-43-34-28-35-44-52,53-45-36-29-37-46-53)68-80(57-69(3,4)5,50-39-30-26-31-40-50)51-41-32-27-33-42-51/h26-37,39-46H,1,38,47-48H2,2-25H3. The predicted octanol–water partition coefficient (Wildman–Crippen LogP) is 12.6. The summed E-state index contributed by atoms with van der Waals surface area (Å²) >= 11 is 0. The molecule has 0 spiro atoms. The highest BCUT2D eigenvalue weighted by atomic mass is 28.5. The molecule has 0 N–H and O–H groups in total. The molecule has 4 rings (SSSR count). The average molecular weight is 1340 g/mol. The number of hydrogen-bond donors (Lipinski definition) is 0. The fourth-order valence-corrected chi connectivity index (χ4v) is 76.3. The van der Waals surface area contributed by atoms with Crippen molar-refractivity contribution in [1.82, 2.24) is 0 Å². The number of hydrogen-bond acceptors (Lipinski definition) is 14. The van der Waals surface area contributed by atoms with Crippen LogP contribution in [0.5, 0.6) is 0 Å². The smallest absolute Gasteiger partial charge is 0.389 e. The third-order valence-electron chi connectivity index (χ3n) is 11.7. The molecule has 81 heavy (non-hydrogen) atoms. The number of rotatable bonds is 33. The molecule has 14 nitrogen and oxygen atoms in total. The van der Waals surface area contributed by atoms with Crippen molar-refractivity contribution < 1.29 is 58.9 Å². The van der Waals surface area contributed by atoms with Crippen molar-refractivity contribution in [2.75, 3.05) is 6.61 Å². The zero-order valence-corrected chi connectivity index (χ0v) is 66.6. The van der Waals surface area contributed by atoms with Crippen molar-refractivity contribution in [2.45, 2.75) is 170 Å². The van der Waals surface area contributed by atoms with Gasteiger partial charge in [-0.2, -0.15) is 0 Å². The summed E-state index contributed by atoms with van der Waals surface area (Å²) in [5, 5.41) is 3.93. The van der Waals surface area contributed by atoms with Gasteiger partial charge in [0, 0.05) is 5.57 Å². The summed E-state index contributed by atoms with van der Waals surface area (Å²) in [4.78, 5) is 11.9. The molecular formula is C54H100O14Si13. The van der Waals surface area contributed by atoms with Crippen molar-refractivity contribution >= 4 is 138 Å². The highest BCUT2D eigenvalue weighted by Crippen LogP contribution is 2.33. The first-order valence-corrected chi connectivity index (χ1v) is 63.7. The Kier molecular flexibility index (Phi) is 24.5. The van der Waals surface area contributed by atoms with Gasteiger partial charge in [0.2, 0.25) is 0 Å². The Balaban J connectivity index is 1.53. The van der Waals surface area contributed by atoms with E-state index in [1.165, 1.54) is 0 Å². The third-order valence-corrected chi connectivity index (χ3v) is 62.3. The first kappa shape index (κ1) is 71.9. The van der Waals surface area contributed by atoms with Crippen LogP contribution in [-0.4, -0.2) is 123 Å². The van der Waals surface area contributed by atoms with Crippen LogP contribution < -0.4 is 20.7 Å². The van der Waals surface area contributed by atoms with E-state index in [9.17, 15) is 4.79 Å². The van der Waals surface area contributed by atoms with Crippen molar-refractivity contribution in [2.24, 2.45) is 0 Å². The minimum atomic E-state index is -3.79. The Labute approximate surface area is 502 Å². The molecule has 0 radical (unpaired) electrons. The maximum absolute atomic E-state index is 11.9. The van der Waals surface area contributed by atoms with E-state index < -0.39 is 111 Å². The number of benzene rings is 4. The largest absolute Gasteiger partial charge is 0.462 e. The predicted molar refractivity (Wildman–Crippen MR) is 362 cm³/mol. The highest BCUT2D eigenvalue weighted by Gasteiger charge is 2.59. The van der Waals surface area contributed by atoms with Gasteiger partial charge in [-0.1, -0.05) is 128 Å². The second kappa shape index (κ2) is 27.6. The number of esters is 1. The highest BCUT2D eigenvalue weighted by molar-refractivity contribution is 7.08. The van der Waals surface area contributed by atoms with E-state index in [1.807, 2.05) is 24.3 Å². The van der Waals surface area contributed by atoms with Gasteiger partial charge in [0.05, 0.1) is 6.61 Å². The lowest BCUT2D eigenvalue weighted by atomic mass is 10.4. The average Bonchev–Trinajstić information content (AvgIpc) is 3.26. The lowest BCUT2D eigenvalue weighted by Gasteiger charge is -2.47. The molecule has 0 unspecified atom stereocenters. The molecule has 0 aromatic heterocycles. The minimum Gasteiger partial charge on any atom is -0.462 e. The molecule has 0 bridgehead atoms. The summed E-state index contributed by atoms with van der Waals surface area (Å²) in [6.07, 6.45) is 0.717. The quantitative estimate of drug-likeness (QED) is 0.0194. The molecule has 4 aromatic rings. The molecular weight excluding hydrogens is 1240 g/mol. The molecule has 0 heterocycles. The summed E-state index contributed by atoms with van der Waals surface area (Å²) < 4.78 is 92.0. The van der Waals surface area contributed by atoms with Crippen molar-refractivity contribution in [3.05, 3.63) is 133 Å². The van der Waals surface area contributed by atoms with Gasteiger partial charge in [-0.15, -0.1) is 0 Å². The molecule has 0 aliphatic heterocycles. The van der Waals surface area contributed by atoms with E-state index >= 15 is 0 Å². The van der Waals surface area contributed by atoms with Crippen molar-refractivity contribution in [3.8, 4) is 0 Å². The van der Waals surface area contributed by atoms with Gasteiger partial charge < -0.3 is 54.1 Å². The molecule has 0 aliphatic rings. The molecule has 0 saturated carbocycles. The summed E-state index contributed by atoms with van der Waals surface area (Å²) in [5.41, 5.74) is 0.397. The third kappa shape index (κ3) is 23.9. The Morgan fingerprint density at radius 2 is 0.568 bits per heavy atom. The van der Waals surface area contributed by atoms with E-state index in [2.05, 4.69) is 254 Å².